The summed E-state index contributed by atoms with van der Waals surface area (Å²) < 4.78 is 32.1. The Morgan fingerprint density at radius 1 is 1.00 bits per heavy atom. The minimum absolute atomic E-state index is 0.0684. The number of ether oxygens (including phenoxy) is 1. The number of aryl methyl sites for hydroxylation is 1. The van der Waals surface area contributed by atoms with Crippen LogP contribution in [0.1, 0.15) is 24.8 Å². The third-order valence-electron chi connectivity index (χ3n) is 5.71. The van der Waals surface area contributed by atoms with Gasteiger partial charge in [-0.2, -0.15) is 4.31 Å². The number of carbonyl (C=O) groups excluding carboxylic acids is 2. The van der Waals surface area contributed by atoms with Gasteiger partial charge in [-0.1, -0.05) is 24.3 Å². The van der Waals surface area contributed by atoms with Gasteiger partial charge in [-0.3, -0.25) is 9.59 Å². The van der Waals surface area contributed by atoms with E-state index in [1.165, 1.54) is 4.31 Å². The van der Waals surface area contributed by atoms with Gasteiger partial charge in [0.2, 0.25) is 21.8 Å². The van der Waals surface area contributed by atoms with Crippen LogP contribution in [0.2, 0.25) is 0 Å². The van der Waals surface area contributed by atoms with Crippen LogP contribution in [-0.2, 0) is 30.8 Å². The number of rotatable bonds is 7. The normalized spacial score (nSPS) is 17.5. The average Bonchev–Trinajstić information content (AvgIpc) is 3.24. The highest BCUT2D eigenvalue weighted by Gasteiger charge is 2.26. The fourth-order valence-corrected chi connectivity index (χ4v) is 5.36. The molecule has 4 rings (SSSR count). The first-order chi connectivity index (χ1) is 15.4. The van der Waals surface area contributed by atoms with Crippen LogP contribution in [0.15, 0.2) is 53.4 Å². The van der Waals surface area contributed by atoms with Gasteiger partial charge in [-0.25, -0.2) is 8.42 Å². The van der Waals surface area contributed by atoms with Crippen molar-refractivity contribution in [3.8, 4) is 0 Å². The molecule has 0 unspecified atom stereocenters. The van der Waals surface area contributed by atoms with E-state index < -0.39 is 10.0 Å². The van der Waals surface area contributed by atoms with Gasteiger partial charge < -0.3 is 15.0 Å². The Balaban J connectivity index is 1.35. The van der Waals surface area contributed by atoms with E-state index in [0.29, 0.717) is 51.4 Å². The lowest BCUT2D eigenvalue weighted by atomic mass is 10.1. The van der Waals surface area contributed by atoms with Gasteiger partial charge in [-0.05, 0) is 42.7 Å². The number of sulfonamides is 1. The van der Waals surface area contributed by atoms with Gasteiger partial charge in [0.15, 0.2) is 0 Å². The average molecular weight is 458 g/mol. The number of hydrogen-bond acceptors (Lipinski definition) is 5. The summed E-state index contributed by atoms with van der Waals surface area (Å²) >= 11 is 0. The van der Waals surface area contributed by atoms with Crippen molar-refractivity contribution in [2.45, 2.75) is 30.6 Å². The van der Waals surface area contributed by atoms with Crippen LogP contribution in [-0.4, -0.2) is 57.4 Å². The topological polar surface area (TPSA) is 96.0 Å². The molecule has 0 spiro atoms. The van der Waals surface area contributed by atoms with Crippen molar-refractivity contribution in [1.29, 1.82) is 0 Å². The minimum atomic E-state index is -3.53. The number of carbonyl (C=O) groups is 2. The SMILES string of the molecule is O=C(CCc1ccc(S(=O)(=O)N2CCOCC2)cc1)Nc1ccccc1N1CCCC1=O. The highest BCUT2D eigenvalue weighted by molar-refractivity contribution is 7.89. The first-order valence-electron chi connectivity index (χ1n) is 10.8. The predicted octanol–water partition coefficient (Wildman–Crippen LogP) is 2.41. The number of benzene rings is 2. The molecular weight excluding hydrogens is 430 g/mol. The maximum atomic E-state index is 12.7. The van der Waals surface area contributed by atoms with E-state index >= 15 is 0 Å². The largest absolute Gasteiger partial charge is 0.379 e. The molecule has 8 nitrogen and oxygen atoms in total. The smallest absolute Gasteiger partial charge is 0.243 e. The van der Waals surface area contributed by atoms with E-state index in [1.807, 2.05) is 18.2 Å². The maximum absolute atomic E-state index is 12.7. The third kappa shape index (κ3) is 5.01. The fourth-order valence-electron chi connectivity index (χ4n) is 3.95. The molecule has 0 aromatic heterocycles. The Morgan fingerprint density at radius 2 is 1.72 bits per heavy atom. The van der Waals surface area contributed by atoms with Crippen molar-refractivity contribution in [3.63, 3.8) is 0 Å². The summed E-state index contributed by atoms with van der Waals surface area (Å²) in [4.78, 5) is 26.6. The van der Waals surface area contributed by atoms with E-state index in [4.69, 9.17) is 4.74 Å². The number of para-hydroxylation sites is 2. The van der Waals surface area contributed by atoms with Crippen LogP contribution in [0.3, 0.4) is 0 Å². The summed E-state index contributed by atoms with van der Waals surface area (Å²) in [6.45, 7) is 2.18. The van der Waals surface area contributed by atoms with Crippen molar-refractivity contribution in [3.05, 3.63) is 54.1 Å². The lowest BCUT2D eigenvalue weighted by Crippen LogP contribution is -2.40. The number of morpholine rings is 1. The van der Waals surface area contributed by atoms with E-state index in [0.717, 1.165) is 17.7 Å². The van der Waals surface area contributed by atoms with Crippen molar-refractivity contribution in [1.82, 2.24) is 4.31 Å². The number of nitrogens with one attached hydrogen (secondary N) is 1. The van der Waals surface area contributed by atoms with Crippen molar-refractivity contribution in [2.24, 2.45) is 0 Å². The molecule has 170 valence electrons. The van der Waals surface area contributed by atoms with E-state index in [-0.39, 0.29) is 23.1 Å². The molecule has 2 saturated heterocycles. The van der Waals surface area contributed by atoms with Crippen LogP contribution < -0.4 is 10.2 Å². The zero-order valence-electron chi connectivity index (χ0n) is 17.8. The maximum Gasteiger partial charge on any atom is 0.243 e. The number of anilines is 2. The Morgan fingerprint density at radius 3 is 2.41 bits per heavy atom. The van der Waals surface area contributed by atoms with Gasteiger partial charge in [0.25, 0.3) is 0 Å². The van der Waals surface area contributed by atoms with Crippen LogP contribution in [0.25, 0.3) is 0 Å². The van der Waals surface area contributed by atoms with Crippen molar-refractivity contribution >= 4 is 33.2 Å². The second-order valence-electron chi connectivity index (χ2n) is 7.87. The molecule has 2 aromatic rings. The van der Waals surface area contributed by atoms with Crippen molar-refractivity contribution < 1.29 is 22.7 Å². The summed E-state index contributed by atoms with van der Waals surface area (Å²) in [6.07, 6.45) is 2.07. The zero-order valence-corrected chi connectivity index (χ0v) is 18.6. The Kier molecular flexibility index (Phi) is 6.88. The fraction of sp³-hybridized carbons (Fsp3) is 0.391. The standard InChI is InChI=1S/C23H27N3O5S/c27-22(24-20-4-1-2-5-21(20)26-13-3-6-23(26)28)12-9-18-7-10-19(11-8-18)32(29,30)25-14-16-31-17-15-25/h1-2,4-5,7-8,10-11H,3,6,9,12-17H2,(H,24,27). The summed E-state index contributed by atoms with van der Waals surface area (Å²) in [6, 6.07) is 14.0. The molecule has 2 aliphatic rings. The molecule has 0 atom stereocenters. The molecule has 1 N–H and O–H groups in total. The van der Waals surface area contributed by atoms with Crippen LogP contribution in [0.5, 0.6) is 0 Å². The molecule has 0 radical (unpaired) electrons. The second kappa shape index (κ2) is 9.81. The van der Waals surface area contributed by atoms with E-state index in [1.54, 1.807) is 35.2 Å². The molecule has 2 heterocycles. The molecule has 9 heteroatoms. The Hall–Kier alpha value is -2.75. The van der Waals surface area contributed by atoms with Gasteiger partial charge >= 0.3 is 0 Å². The van der Waals surface area contributed by atoms with Crippen LogP contribution in [0.4, 0.5) is 11.4 Å². The van der Waals surface area contributed by atoms with E-state index in [9.17, 15) is 18.0 Å². The lowest BCUT2D eigenvalue weighted by molar-refractivity contribution is -0.117. The zero-order chi connectivity index (χ0) is 22.6. The van der Waals surface area contributed by atoms with Crippen molar-refractivity contribution in [2.75, 3.05) is 43.1 Å². The Bertz CT molecular complexity index is 1080. The number of nitrogens with zero attached hydrogens (tertiary/aromatic N) is 2. The predicted molar refractivity (Wildman–Crippen MR) is 121 cm³/mol. The molecule has 2 aromatic carbocycles. The summed E-state index contributed by atoms with van der Waals surface area (Å²) in [7, 11) is -3.53. The lowest BCUT2D eigenvalue weighted by Gasteiger charge is -2.26. The van der Waals surface area contributed by atoms with E-state index in [2.05, 4.69) is 5.32 Å². The first kappa shape index (κ1) is 22.4. The molecular formula is C23H27N3O5S. The molecule has 0 saturated carbocycles. The molecule has 32 heavy (non-hydrogen) atoms. The van der Waals surface area contributed by atoms with Crippen LogP contribution >= 0.6 is 0 Å². The molecule has 2 aliphatic heterocycles. The first-order valence-corrected chi connectivity index (χ1v) is 12.3. The second-order valence-corrected chi connectivity index (χ2v) is 9.81. The Labute approximate surface area is 188 Å². The highest BCUT2D eigenvalue weighted by Crippen LogP contribution is 2.29. The number of hydrogen-bond donors (Lipinski definition) is 1. The molecule has 2 amide bonds. The summed E-state index contributed by atoms with van der Waals surface area (Å²) in [5.74, 6) is -0.0899. The molecule has 0 bridgehead atoms. The number of amides is 2. The highest BCUT2D eigenvalue weighted by atomic mass is 32.2. The summed E-state index contributed by atoms with van der Waals surface area (Å²) in [5.41, 5.74) is 2.23. The van der Waals surface area contributed by atoms with Gasteiger partial charge in [0, 0.05) is 32.5 Å². The van der Waals surface area contributed by atoms with Gasteiger partial charge in [0.05, 0.1) is 29.5 Å². The molecule has 2 fully saturated rings. The van der Waals surface area contributed by atoms with Gasteiger partial charge in [-0.15, -0.1) is 0 Å². The third-order valence-corrected chi connectivity index (χ3v) is 7.63. The van der Waals surface area contributed by atoms with Crippen LogP contribution in [0, 0.1) is 0 Å². The molecule has 0 aliphatic carbocycles. The monoisotopic (exact) mass is 457 g/mol. The quantitative estimate of drug-likeness (QED) is 0.689. The minimum Gasteiger partial charge on any atom is -0.379 e. The summed E-state index contributed by atoms with van der Waals surface area (Å²) in [5, 5.41) is 2.91. The van der Waals surface area contributed by atoms with Gasteiger partial charge in [0.1, 0.15) is 0 Å².